The second-order valence-electron chi connectivity index (χ2n) is 3.44. The lowest BCUT2D eigenvalue weighted by molar-refractivity contribution is -0.0540. The Kier molecular flexibility index (Phi) is 4.53. The molecule has 7 heteroatoms. The van der Waals surface area contributed by atoms with Gasteiger partial charge in [-0.05, 0) is 17.6 Å². The lowest BCUT2D eigenvalue weighted by atomic mass is 10.1. The largest absolute Gasteiger partial charge is 0.523 e. The van der Waals surface area contributed by atoms with Gasteiger partial charge in [0.25, 0.3) is 0 Å². The van der Waals surface area contributed by atoms with Crippen molar-refractivity contribution in [2.24, 2.45) is 0 Å². The third-order valence-electron chi connectivity index (χ3n) is 2.11. The van der Waals surface area contributed by atoms with Crippen molar-refractivity contribution in [3.8, 4) is 0 Å². The van der Waals surface area contributed by atoms with Gasteiger partial charge in [0.05, 0.1) is 6.61 Å². The zero-order valence-corrected chi connectivity index (χ0v) is 10.1. The lowest BCUT2D eigenvalue weighted by Gasteiger charge is -2.09. The summed E-state index contributed by atoms with van der Waals surface area (Å²) in [5, 5.41) is 0. The van der Waals surface area contributed by atoms with E-state index >= 15 is 0 Å². The minimum absolute atomic E-state index is 0.000671. The number of alkyl halides is 3. The molecule has 0 aliphatic carbocycles. The molecule has 0 N–H and O–H groups in total. The number of hydrogen-bond donors (Lipinski definition) is 0. The van der Waals surface area contributed by atoms with Crippen LogP contribution in [-0.2, 0) is 14.3 Å². The maximum Gasteiger partial charge on any atom is 0.523 e. The Labute approximate surface area is 103 Å². The van der Waals surface area contributed by atoms with E-state index in [-0.39, 0.29) is 6.42 Å². The van der Waals surface area contributed by atoms with E-state index in [0.717, 1.165) is 5.56 Å². The SMILES string of the molecule is C=C(CCOS(=O)(=O)C(F)(F)F)c1ccccc1. The van der Waals surface area contributed by atoms with Gasteiger partial charge >= 0.3 is 15.6 Å². The summed E-state index contributed by atoms with van der Waals surface area (Å²) in [5.41, 5.74) is -4.15. The van der Waals surface area contributed by atoms with Gasteiger partial charge in [0, 0.05) is 0 Å². The number of rotatable bonds is 5. The highest BCUT2D eigenvalue weighted by molar-refractivity contribution is 7.87. The highest BCUT2D eigenvalue weighted by atomic mass is 32.2. The van der Waals surface area contributed by atoms with Crippen LogP contribution in [0.3, 0.4) is 0 Å². The summed E-state index contributed by atoms with van der Waals surface area (Å²) >= 11 is 0. The molecule has 0 unspecified atom stereocenters. The maximum absolute atomic E-state index is 11.9. The molecule has 0 saturated heterocycles. The fourth-order valence-corrected chi connectivity index (χ4v) is 1.60. The van der Waals surface area contributed by atoms with Gasteiger partial charge in [-0.2, -0.15) is 21.6 Å². The summed E-state index contributed by atoms with van der Waals surface area (Å²) in [6, 6.07) is 8.71. The number of halogens is 3. The number of hydrogen-bond acceptors (Lipinski definition) is 3. The van der Waals surface area contributed by atoms with E-state index in [0.29, 0.717) is 5.57 Å². The first-order chi connectivity index (χ1) is 8.24. The number of benzene rings is 1. The second kappa shape index (κ2) is 5.53. The molecule has 0 bridgehead atoms. The summed E-state index contributed by atoms with van der Waals surface area (Å²) < 4.78 is 60.9. The smallest absolute Gasteiger partial charge is 0.263 e. The minimum Gasteiger partial charge on any atom is -0.263 e. The molecule has 0 aliphatic heterocycles. The quantitative estimate of drug-likeness (QED) is 0.615. The van der Waals surface area contributed by atoms with Crippen LogP contribution in [0.1, 0.15) is 12.0 Å². The Balaban J connectivity index is 2.52. The summed E-state index contributed by atoms with van der Waals surface area (Å²) in [6.45, 7) is 3.06. The van der Waals surface area contributed by atoms with Gasteiger partial charge in [-0.3, -0.25) is 4.18 Å². The van der Waals surface area contributed by atoms with E-state index in [1.54, 1.807) is 30.3 Å². The highest BCUT2D eigenvalue weighted by Gasteiger charge is 2.47. The molecule has 0 aliphatic rings. The zero-order chi connectivity index (χ0) is 13.8. The molecule has 0 spiro atoms. The van der Waals surface area contributed by atoms with Crippen molar-refractivity contribution >= 4 is 15.7 Å². The van der Waals surface area contributed by atoms with Crippen LogP contribution in [0, 0.1) is 0 Å². The average Bonchev–Trinajstić information content (AvgIpc) is 2.28. The average molecular weight is 280 g/mol. The van der Waals surface area contributed by atoms with Crippen LogP contribution < -0.4 is 0 Å². The summed E-state index contributed by atoms with van der Waals surface area (Å²) in [6.07, 6.45) is -0.000671. The van der Waals surface area contributed by atoms with E-state index in [4.69, 9.17) is 0 Å². The first-order valence-corrected chi connectivity index (χ1v) is 6.34. The Morgan fingerprint density at radius 2 is 1.78 bits per heavy atom. The second-order valence-corrected chi connectivity index (χ2v) is 5.05. The molecular formula is C11H11F3O3S. The summed E-state index contributed by atoms with van der Waals surface area (Å²) in [7, 11) is -5.52. The van der Waals surface area contributed by atoms with Gasteiger partial charge < -0.3 is 0 Å². The molecule has 100 valence electrons. The summed E-state index contributed by atoms with van der Waals surface area (Å²) in [5.74, 6) is 0. The Bertz CT molecular complexity index is 506. The van der Waals surface area contributed by atoms with Gasteiger partial charge in [0.15, 0.2) is 0 Å². The normalized spacial score (nSPS) is 12.4. The maximum atomic E-state index is 11.9. The molecule has 0 amide bonds. The standard InChI is InChI=1S/C11H11F3O3S/c1-9(10-5-3-2-4-6-10)7-8-17-18(15,16)11(12,13)14/h2-6H,1,7-8H2. The van der Waals surface area contributed by atoms with Gasteiger partial charge in [0.1, 0.15) is 0 Å². The van der Waals surface area contributed by atoms with Crippen LogP contribution in [-0.4, -0.2) is 20.5 Å². The van der Waals surface area contributed by atoms with Crippen LogP contribution in [0.5, 0.6) is 0 Å². The highest BCUT2D eigenvalue weighted by Crippen LogP contribution is 2.25. The van der Waals surface area contributed by atoms with Crippen LogP contribution >= 0.6 is 0 Å². The molecule has 0 heterocycles. The van der Waals surface area contributed by atoms with Gasteiger partial charge in [-0.15, -0.1) is 0 Å². The molecule has 0 radical (unpaired) electrons. The van der Waals surface area contributed by atoms with E-state index < -0.39 is 22.2 Å². The lowest BCUT2D eigenvalue weighted by Crippen LogP contribution is -2.25. The van der Waals surface area contributed by atoms with Gasteiger partial charge in [0.2, 0.25) is 0 Å². The minimum atomic E-state index is -5.52. The molecular weight excluding hydrogens is 269 g/mol. The molecule has 1 rings (SSSR count). The van der Waals surface area contributed by atoms with Crippen LogP contribution in [0.25, 0.3) is 5.57 Å². The van der Waals surface area contributed by atoms with Crippen LogP contribution in [0.2, 0.25) is 0 Å². The fraction of sp³-hybridized carbons (Fsp3) is 0.273. The van der Waals surface area contributed by atoms with Crippen LogP contribution in [0.4, 0.5) is 13.2 Å². The molecule has 18 heavy (non-hydrogen) atoms. The summed E-state index contributed by atoms with van der Waals surface area (Å²) in [4.78, 5) is 0. The van der Waals surface area contributed by atoms with Crippen molar-refractivity contribution in [3.05, 3.63) is 42.5 Å². The first kappa shape index (κ1) is 14.7. The zero-order valence-electron chi connectivity index (χ0n) is 9.27. The van der Waals surface area contributed by atoms with E-state index in [2.05, 4.69) is 10.8 Å². The Morgan fingerprint density at radius 3 is 2.28 bits per heavy atom. The van der Waals surface area contributed by atoms with Crippen molar-refractivity contribution < 1.29 is 25.8 Å². The molecule has 0 atom stereocenters. The van der Waals surface area contributed by atoms with E-state index in [1.807, 2.05) is 0 Å². The van der Waals surface area contributed by atoms with Gasteiger partial charge in [-0.1, -0.05) is 36.9 Å². The monoisotopic (exact) mass is 280 g/mol. The van der Waals surface area contributed by atoms with Crippen molar-refractivity contribution in [2.45, 2.75) is 11.9 Å². The van der Waals surface area contributed by atoms with Crippen molar-refractivity contribution in [2.75, 3.05) is 6.61 Å². The Hall–Kier alpha value is -1.34. The van der Waals surface area contributed by atoms with Crippen LogP contribution in [0.15, 0.2) is 36.9 Å². The van der Waals surface area contributed by atoms with Crippen molar-refractivity contribution in [1.82, 2.24) is 0 Å². The third kappa shape index (κ3) is 3.85. The first-order valence-electron chi connectivity index (χ1n) is 4.93. The predicted octanol–water partition coefficient (Wildman–Crippen LogP) is 2.96. The van der Waals surface area contributed by atoms with Crippen molar-refractivity contribution in [1.29, 1.82) is 0 Å². The van der Waals surface area contributed by atoms with Crippen molar-refractivity contribution in [3.63, 3.8) is 0 Å². The predicted molar refractivity (Wildman–Crippen MR) is 61.0 cm³/mol. The third-order valence-corrected chi connectivity index (χ3v) is 3.15. The molecule has 1 aromatic rings. The molecule has 0 aromatic heterocycles. The van der Waals surface area contributed by atoms with E-state index in [1.165, 1.54) is 0 Å². The molecule has 0 fully saturated rings. The molecule has 3 nitrogen and oxygen atoms in total. The molecule has 0 saturated carbocycles. The van der Waals surface area contributed by atoms with Gasteiger partial charge in [-0.25, -0.2) is 0 Å². The Morgan fingerprint density at radius 1 is 1.22 bits per heavy atom. The molecule has 1 aromatic carbocycles. The topological polar surface area (TPSA) is 43.4 Å². The fourth-order valence-electron chi connectivity index (χ4n) is 1.16. The van der Waals surface area contributed by atoms with E-state index in [9.17, 15) is 21.6 Å².